The molecule has 0 aliphatic rings. The number of benzene rings is 2. The molecule has 0 spiro atoms. The van der Waals surface area contributed by atoms with Gasteiger partial charge in [-0.05, 0) is 43.3 Å². The maximum absolute atomic E-state index is 3.52. The van der Waals surface area contributed by atoms with Crippen LogP contribution in [0.15, 0.2) is 48.5 Å². The van der Waals surface area contributed by atoms with Crippen molar-refractivity contribution in [1.82, 2.24) is 4.90 Å². The molecule has 0 fully saturated rings. The van der Waals surface area contributed by atoms with Crippen LogP contribution in [0.4, 0.5) is 5.69 Å². The van der Waals surface area contributed by atoms with E-state index in [-0.39, 0.29) is 0 Å². The van der Waals surface area contributed by atoms with Crippen LogP contribution in [-0.4, -0.2) is 18.0 Å². The molecular weight excluding hydrogens is 256 g/mol. The van der Waals surface area contributed by atoms with Crippen LogP contribution in [0.1, 0.15) is 30.5 Å². The highest BCUT2D eigenvalue weighted by Crippen LogP contribution is 2.14. The summed E-state index contributed by atoms with van der Waals surface area (Å²) in [5.74, 6) is 0. The third-order valence-electron chi connectivity index (χ3n) is 3.81. The van der Waals surface area contributed by atoms with E-state index in [1.165, 1.54) is 22.4 Å². The SMILES string of the molecule is CCN(CC)Cc1cccc(NCc2cccc(C)c2)c1. The zero-order valence-electron chi connectivity index (χ0n) is 13.4. The normalized spacial score (nSPS) is 10.9. The number of rotatable bonds is 7. The van der Waals surface area contributed by atoms with E-state index in [2.05, 4.69) is 79.5 Å². The molecule has 0 unspecified atom stereocenters. The van der Waals surface area contributed by atoms with E-state index in [1.54, 1.807) is 0 Å². The minimum atomic E-state index is 0.871. The smallest absolute Gasteiger partial charge is 0.0400 e. The highest BCUT2D eigenvalue weighted by Gasteiger charge is 2.02. The first-order valence-electron chi connectivity index (χ1n) is 7.82. The van der Waals surface area contributed by atoms with Gasteiger partial charge in [-0.15, -0.1) is 0 Å². The summed E-state index contributed by atoms with van der Waals surface area (Å²) < 4.78 is 0. The Bertz CT molecular complexity index is 559. The van der Waals surface area contributed by atoms with Gasteiger partial charge in [0.05, 0.1) is 0 Å². The third kappa shape index (κ3) is 4.91. The fraction of sp³-hybridized carbons (Fsp3) is 0.368. The highest BCUT2D eigenvalue weighted by molar-refractivity contribution is 5.46. The van der Waals surface area contributed by atoms with E-state index >= 15 is 0 Å². The summed E-state index contributed by atoms with van der Waals surface area (Å²) in [6.45, 7) is 10.6. The lowest BCUT2D eigenvalue weighted by Crippen LogP contribution is -2.22. The van der Waals surface area contributed by atoms with Crippen LogP contribution in [0.3, 0.4) is 0 Å². The van der Waals surface area contributed by atoms with Gasteiger partial charge in [0.15, 0.2) is 0 Å². The molecule has 0 radical (unpaired) electrons. The first kappa shape index (κ1) is 15.6. The molecule has 2 aromatic carbocycles. The van der Waals surface area contributed by atoms with Crippen LogP contribution in [0.5, 0.6) is 0 Å². The van der Waals surface area contributed by atoms with Gasteiger partial charge in [0.2, 0.25) is 0 Å². The molecule has 0 aromatic heterocycles. The molecule has 2 rings (SSSR count). The molecule has 0 saturated carbocycles. The Morgan fingerprint density at radius 1 is 0.905 bits per heavy atom. The summed E-state index contributed by atoms with van der Waals surface area (Å²) in [7, 11) is 0. The van der Waals surface area contributed by atoms with Crippen LogP contribution in [-0.2, 0) is 13.1 Å². The summed E-state index contributed by atoms with van der Waals surface area (Å²) in [5, 5.41) is 3.52. The fourth-order valence-corrected chi connectivity index (χ4v) is 2.51. The molecule has 0 amide bonds. The maximum atomic E-state index is 3.52. The lowest BCUT2D eigenvalue weighted by molar-refractivity contribution is 0.296. The Balaban J connectivity index is 1.97. The summed E-state index contributed by atoms with van der Waals surface area (Å²) in [6, 6.07) is 17.4. The lowest BCUT2D eigenvalue weighted by Gasteiger charge is -2.18. The fourth-order valence-electron chi connectivity index (χ4n) is 2.51. The summed E-state index contributed by atoms with van der Waals surface area (Å²) in [4.78, 5) is 2.43. The van der Waals surface area contributed by atoms with Crippen LogP contribution in [0.25, 0.3) is 0 Å². The molecule has 2 heteroatoms. The van der Waals surface area contributed by atoms with Crippen LogP contribution >= 0.6 is 0 Å². The van der Waals surface area contributed by atoms with Crippen molar-refractivity contribution in [2.45, 2.75) is 33.9 Å². The maximum Gasteiger partial charge on any atom is 0.0400 e. The largest absolute Gasteiger partial charge is 0.381 e. The van der Waals surface area contributed by atoms with Crippen LogP contribution in [0.2, 0.25) is 0 Å². The second-order valence-electron chi connectivity index (χ2n) is 5.50. The third-order valence-corrected chi connectivity index (χ3v) is 3.81. The van der Waals surface area contributed by atoms with E-state index in [9.17, 15) is 0 Å². The molecule has 112 valence electrons. The molecule has 0 atom stereocenters. The predicted octanol–water partition coefficient (Wildman–Crippen LogP) is 4.45. The number of aryl methyl sites for hydroxylation is 1. The summed E-state index contributed by atoms with van der Waals surface area (Å²) in [5.41, 5.74) is 5.20. The van der Waals surface area contributed by atoms with Crippen molar-refractivity contribution in [3.8, 4) is 0 Å². The second-order valence-corrected chi connectivity index (χ2v) is 5.50. The lowest BCUT2D eigenvalue weighted by atomic mass is 10.1. The van der Waals surface area contributed by atoms with Gasteiger partial charge in [0, 0.05) is 18.8 Å². The topological polar surface area (TPSA) is 15.3 Å². The molecule has 0 aliphatic heterocycles. The Morgan fingerprint density at radius 3 is 2.33 bits per heavy atom. The average Bonchev–Trinajstić information content (AvgIpc) is 2.51. The molecule has 0 bridgehead atoms. The Morgan fingerprint density at radius 2 is 1.62 bits per heavy atom. The predicted molar refractivity (Wildman–Crippen MR) is 91.6 cm³/mol. The van der Waals surface area contributed by atoms with Crippen molar-refractivity contribution in [2.75, 3.05) is 18.4 Å². The minimum absolute atomic E-state index is 0.871. The van der Waals surface area contributed by atoms with Gasteiger partial charge in [-0.2, -0.15) is 0 Å². The Kier molecular flexibility index (Phi) is 5.82. The van der Waals surface area contributed by atoms with E-state index in [4.69, 9.17) is 0 Å². The van der Waals surface area contributed by atoms with Gasteiger partial charge in [-0.25, -0.2) is 0 Å². The molecule has 0 heterocycles. The van der Waals surface area contributed by atoms with Gasteiger partial charge in [-0.3, -0.25) is 4.90 Å². The summed E-state index contributed by atoms with van der Waals surface area (Å²) in [6.07, 6.45) is 0. The Labute approximate surface area is 128 Å². The van der Waals surface area contributed by atoms with Crippen molar-refractivity contribution in [3.63, 3.8) is 0 Å². The van der Waals surface area contributed by atoms with Crippen molar-refractivity contribution in [2.24, 2.45) is 0 Å². The summed E-state index contributed by atoms with van der Waals surface area (Å²) >= 11 is 0. The quantitative estimate of drug-likeness (QED) is 0.807. The van der Waals surface area contributed by atoms with E-state index in [0.29, 0.717) is 0 Å². The van der Waals surface area contributed by atoms with Gasteiger partial charge in [0.1, 0.15) is 0 Å². The highest BCUT2D eigenvalue weighted by atomic mass is 15.1. The van der Waals surface area contributed by atoms with E-state index < -0.39 is 0 Å². The first-order valence-corrected chi connectivity index (χ1v) is 7.82. The van der Waals surface area contributed by atoms with Gasteiger partial charge in [-0.1, -0.05) is 55.8 Å². The van der Waals surface area contributed by atoms with Crippen molar-refractivity contribution < 1.29 is 0 Å². The second kappa shape index (κ2) is 7.84. The monoisotopic (exact) mass is 282 g/mol. The van der Waals surface area contributed by atoms with E-state index in [1.807, 2.05) is 0 Å². The van der Waals surface area contributed by atoms with Gasteiger partial charge in [0.25, 0.3) is 0 Å². The van der Waals surface area contributed by atoms with Crippen molar-refractivity contribution in [3.05, 3.63) is 65.2 Å². The van der Waals surface area contributed by atoms with Gasteiger partial charge >= 0.3 is 0 Å². The molecule has 1 N–H and O–H groups in total. The molecule has 0 saturated heterocycles. The number of hydrogen-bond donors (Lipinski definition) is 1. The van der Waals surface area contributed by atoms with E-state index in [0.717, 1.165) is 26.2 Å². The van der Waals surface area contributed by atoms with Crippen LogP contribution < -0.4 is 5.32 Å². The number of hydrogen-bond acceptors (Lipinski definition) is 2. The zero-order chi connectivity index (χ0) is 15.1. The number of nitrogens with one attached hydrogen (secondary N) is 1. The molecule has 2 aromatic rings. The minimum Gasteiger partial charge on any atom is -0.381 e. The first-order chi connectivity index (χ1) is 10.2. The Hall–Kier alpha value is -1.80. The zero-order valence-corrected chi connectivity index (χ0v) is 13.4. The van der Waals surface area contributed by atoms with Crippen molar-refractivity contribution >= 4 is 5.69 Å². The van der Waals surface area contributed by atoms with Crippen LogP contribution in [0, 0.1) is 6.92 Å². The average molecular weight is 282 g/mol. The number of anilines is 1. The molecule has 21 heavy (non-hydrogen) atoms. The number of nitrogens with zero attached hydrogens (tertiary/aromatic N) is 1. The molecule has 0 aliphatic carbocycles. The van der Waals surface area contributed by atoms with Crippen molar-refractivity contribution in [1.29, 1.82) is 0 Å². The molecule has 2 nitrogen and oxygen atoms in total. The molecular formula is C19H26N2. The van der Waals surface area contributed by atoms with Gasteiger partial charge < -0.3 is 5.32 Å². The standard InChI is InChI=1S/C19H26N2/c1-4-21(5-2)15-18-10-7-11-19(13-18)20-14-17-9-6-8-16(3)12-17/h6-13,20H,4-5,14-15H2,1-3H3.